The van der Waals surface area contributed by atoms with Gasteiger partial charge in [-0.3, -0.25) is 0 Å². The molecule has 3 rings (SSSR count). The maximum atomic E-state index is 5.78. The first kappa shape index (κ1) is 14.3. The van der Waals surface area contributed by atoms with E-state index in [-0.39, 0.29) is 0 Å². The Labute approximate surface area is 128 Å². The minimum Gasteiger partial charge on any atom is -0.492 e. The van der Waals surface area contributed by atoms with Gasteiger partial charge in [-0.15, -0.1) is 0 Å². The number of ether oxygens (including phenoxy) is 1. The highest BCUT2D eigenvalue weighted by molar-refractivity contribution is 5.87. The zero-order chi connectivity index (χ0) is 15.5. The van der Waals surface area contributed by atoms with E-state index in [2.05, 4.69) is 15.1 Å². The van der Waals surface area contributed by atoms with Crippen LogP contribution >= 0.6 is 0 Å². The van der Waals surface area contributed by atoms with Gasteiger partial charge in [-0.1, -0.05) is 17.3 Å². The van der Waals surface area contributed by atoms with Gasteiger partial charge in [0.15, 0.2) is 0 Å². The summed E-state index contributed by atoms with van der Waals surface area (Å²) < 4.78 is 10.9. The molecule has 6 nitrogen and oxygen atoms in total. The van der Waals surface area contributed by atoms with Gasteiger partial charge in [-0.2, -0.15) is 4.98 Å². The van der Waals surface area contributed by atoms with Gasteiger partial charge in [-0.05, 0) is 31.5 Å². The van der Waals surface area contributed by atoms with E-state index in [4.69, 9.17) is 9.26 Å². The molecule has 0 saturated carbocycles. The molecule has 0 saturated heterocycles. The van der Waals surface area contributed by atoms with Crippen LogP contribution in [0.5, 0.6) is 5.75 Å². The van der Waals surface area contributed by atoms with E-state index in [1.807, 2.05) is 50.1 Å². The van der Waals surface area contributed by atoms with E-state index in [0.717, 1.165) is 22.6 Å². The smallest absolute Gasteiger partial charge is 0.263 e. The number of hydrogen-bond acceptors (Lipinski definition) is 6. The van der Waals surface area contributed by atoms with Crippen molar-refractivity contribution in [3.8, 4) is 5.75 Å². The number of fused-ring (bicyclic) bond motifs is 1. The zero-order valence-corrected chi connectivity index (χ0v) is 12.9. The molecule has 6 heteroatoms. The molecule has 0 unspecified atom stereocenters. The molecule has 3 aromatic rings. The average Bonchev–Trinajstić information content (AvgIpc) is 2.89. The van der Waals surface area contributed by atoms with E-state index >= 15 is 0 Å². The number of anilines is 1. The molecule has 0 bridgehead atoms. The van der Waals surface area contributed by atoms with Crippen LogP contribution in [0.25, 0.3) is 11.1 Å². The molecule has 114 valence electrons. The first-order valence-electron chi connectivity index (χ1n) is 7.13. The number of hydrogen-bond donors (Lipinski definition) is 0. The minimum absolute atomic E-state index is 0.508. The first-order chi connectivity index (χ1) is 10.6. The largest absolute Gasteiger partial charge is 0.492 e. The van der Waals surface area contributed by atoms with Crippen LogP contribution in [0.15, 0.2) is 35.1 Å². The molecule has 0 aliphatic rings. The molecule has 2 heterocycles. The molecule has 0 fully saturated rings. The Hall–Kier alpha value is -2.63. The quantitative estimate of drug-likeness (QED) is 0.721. The lowest BCUT2D eigenvalue weighted by Gasteiger charge is -2.18. The molecule has 0 radical (unpaired) electrons. The average molecular weight is 298 g/mol. The molecule has 1 aromatic carbocycles. The summed E-state index contributed by atoms with van der Waals surface area (Å²) in [5.74, 6) is 1.68. The summed E-state index contributed by atoms with van der Waals surface area (Å²) in [6, 6.07) is 8.02. The molecule has 0 spiro atoms. The van der Waals surface area contributed by atoms with Crippen molar-refractivity contribution in [1.82, 2.24) is 15.1 Å². The SMILES string of the molecule is Cc1cccc(OCCN(C)c2ncnc3onc(C)c23)c1. The number of aromatic nitrogens is 3. The van der Waals surface area contributed by atoms with Gasteiger partial charge < -0.3 is 14.2 Å². The molecule has 22 heavy (non-hydrogen) atoms. The normalized spacial score (nSPS) is 10.9. The molecule has 2 aromatic heterocycles. The van der Waals surface area contributed by atoms with E-state index in [9.17, 15) is 0 Å². The van der Waals surface area contributed by atoms with E-state index in [1.165, 1.54) is 11.9 Å². The third kappa shape index (κ3) is 2.86. The summed E-state index contributed by atoms with van der Waals surface area (Å²) in [7, 11) is 1.97. The first-order valence-corrected chi connectivity index (χ1v) is 7.13. The lowest BCUT2D eigenvalue weighted by Crippen LogP contribution is -2.25. The molecule has 0 N–H and O–H groups in total. The van der Waals surface area contributed by atoms with Gasteiger partial charge >= 0.3 is 0 Å². The Balaban J connectivity index is 1.69. The van der Waals surface area contributed by atoms with Crippen LogP contribution < -0.4 is 9.64 Å². The van der Waals surface area contributed by atoms with Gasteiger partial charge in [0.2, 0.25) is 0 Å². The van der Waals surface area contributed by atoms with Crippen molar-refractivity contribution >= 4 is 16.9 Å². The second kappa shape index (κ2) is 6.01. The number of benzene rings is 1. The molecule has 0 aliphatic carbocycles. The van der Waals surface area contributed by atoms with Crippen molar-refractivity contribution in [2.75, 3.05) is 25.1 Å². The lowest BCUT2D eigenvalue weighted by atomic mass is 10.2. The molecule has 0 atom stereocenters. The van der Waals surface area contributed by atoms with Crippen LogP contribution in [-0.2, 0) is 0 Å². The van der Waals surface area contributed by atoms with Crippen LogP contribution in [-0.4, -0.2) is 35.3 Å². The van der Waals surface area contributed by atoms with E-state index in [0.29, 0.717) is 18.9 Å². The monoisotopic (exact) mass is 298 g/mol. The Morgan fingerprint density at radius 1 is 1.23 bits per heavy atom. The second-order valence-corrected chi connectivity index (χ2v) is 5.23. The number of likely N-dealkylation sites (N-methyl/N-ethyl adjacent to an activating group) is 1. The number of rotatable bonds is 5. The highest BCUT2D eigenvalue weighted by Crippen LogP contribution is 2.24. The Morgan fingerprint density at radius 3 is 2.91 bits per heavy atom. The Morgan fingerprint density at radius 2 is 2.09 bits per heavy atom. The van der Waals surface area contributed by atoms with Gasteiger partial charge in [-0.25, -0.2) is 4.98 Å². The van der Waals surface area contributed by atoms with Crippen molar-refractivity contribution in [2.24, 2.45) is 0 Å². The molecule has 0 amide bonds. The van der Waals surface area contributed by atoms with Crippen LogP contribution in [0.4, 0.5) is 5.82 Å². The van der Waals surface area contributed by atoms with Crippen molar-refractivity contribution in [2.45, 2.75) is 13.8 Å². The van der Waals surface area contributed by atoms with Crippen LogP contribution in [0.1, 0.15) is 11.3 Å². The standard InChI is InChI=1S/C16H18N4O2/c1-11-5-4-6-13(9-11)21-8-7-20(3)15-14-12(2)19-22-16(14)18-10-17-15/h4-6,9-10H,7-8H2,1-3H3. The zero-order valence-electron chi connectivity index (χ0n) is 12.9. The third-order valence-electron chi connectivity index (χ3n) is 3.47. The minimum atomic E-state index is 0.508. The number of aryl methyl sites for hydroxylation is 2. The highest BCUT2D eigenvalue weighted by atomic mass is 16.5. The van der Waals surface area contributed by atoms with Crippen molar-refractivity contribution < 1.29 is 9.26 Å². The van der Waals surface area contributed by atoms with Crippen molar-refractivity contribution in [3.63, 3.8) is 0 Å². The van der Waals surface area contributed by atoms with Gasteiger partial charge in [0.05, 0.1) is 12.2 Å². The summed E-state index contributed by atoms with van der Waals surface area (Å²) >= 11 is 0. The van der Waals surface area contributed by atoms with Crippen LogP contribution in [0, 0.1) is 13.8 Å². The summed E-state index contributed by atoms with van der Waals surface area (Å²) in [6.45, 7) is 5.20. The van der Waals surface area contributed by atoms with E-state index < -0.39 is 0 Å². The van der Waals surface area contributed by atoms with Crippen LogP contribution in [0.2, 0.25) is 0 Å². The molecular formula is C16H18N4O2. The van der Waals surface area contributed by atoms with Gasteiger partial charge in [0.25, 0.3) is 5.71 Å². The topological polar surface area (TPSA) is 64.3 Å². The maximum absolute atomic E-state index is 5.78. The summed E-state index contributed by atoms with van der Waals surface area (Å²) in [5, 5.41) is 4.79. The number of nitrogens with zero attached hydrogens (tertiary/aromatic N) is 4. The van der Waals surface area contributed by atoms with E-state index in [1.54, 1.807) is 0 Å². The Kier molecular flexibility index (Phi) is 3.91. The highest BCUT2D eigenvalue weighted by Gasteiger charge is 2.15. The molecular weight excluding hydrogens is 280 g/mol. The lowest BCUT2D eigenvalue weighted by molar-refractivity contribution is 0.325. The third-order valence-corrected chi connectivity index (χ3v) is 3.47. The fraction of sp³-hybridized carbons (Fsp3) is 0.312. The predicted octanol–water partition coefficient (Wildman–Crippen LogP) is 2.75. The molecule has 0 aliphatic heterocycles. The summed E-state index contributed by atoms with van der Waals surface area (Å²) in [6.07, 6.45) is 1.49. The predicted molar refractivity (Wildman–Crippen MR) is 84.3 cm³/mol. The van der Waals surface area contributed by atoms with Crippen LogP contribution in [0.3, 0.4) is 0 Å². The van der Waals surface area contributed by atoms with Crippen molar-refractivity contribution in [1.29, 1.82) is 0 Å². The second-order valence-electron chi connectivity index (χ2n) is 5.23. The fourth-order valence-electron chi connectivity index (χ4n) is 2.30. The Bertz CT molecular complexity index is 785. The van der Waals surface area contributed by atoms with Crippen molar-refractivity contribution in [3.05, 3.63) is 41.9 Å². The van der Waals surface area contributed by atoms with Gasteiger partial charge in [0, 0.05) is 7.05 Å². The van der Waals surface area contributed by atoms with Gasteiger partial charge in [0.1, 0.15) is 29.9 Å². The maximum Gasteiger partial charge on any atom is 0.263 e. The summed E-state index contributed by atoms with van der Waals surface area (Å²) in [4.78, 5) is 10.4. The summed E-state index contributed by atoms with van der Waals surface area (Å²) in [5.41, 5.74) is 2.48. The fourth-order valence-corrected chi connectivity index (χ4v) is 2.30.